The maximum atomic E-state index is 12.5. The van der Waals surface area contributed by atoms with E-state index < -0.39 is 84.2 Å². The van der Waals surface area contributed by atoms with Crippen LogP contribution in [0, 0.1) is 0 Å². The van der Waals surface area contributed by atoms with Gasteiger partial charge in [0.15, 0.2) is 42.2 Å². The van der Waals surface area contributed by atoms with Gasteiger partial charge in [0.2, 0.25) is 0 Å². The van der Waals surface area contributed by atoms with Crippen molar-refractivity contribution >= 4 is 43.6 Å². The predicted octanol–water partition coefficient (Wildman–Crippen LogP) is 0.0554. The van der Waals surface area contributed by atoms with E-state index in [4.69, 9.17) is 18.9 Å². The molecule has 0 amide bonds. The van der Waals surface area contributed by atoms with Gasteiger partial charge < -0.3 is 18.9 Å². The summed E-state index contributed by atoms with van der Waals surface area (Å²) in [5, 5.41) is 0. The zero-order valence-electron chi connectivity index (χ0n) is 18.6. The average molecular weight is 501 g/mol. The highest BCUT2D eigenvalue weighted by molar-refractivity contribution is 8.14. The Hall–Kier alpha value is -2.48. The predicted molar refractivity (Wildman–Crippen MR) is 110 cm³/mol. The Kier molecular flexibility index (Phi) is 11.6. The Labute approximate surface area is 187 Å². The molecule has 0 aliphatic heterocycles. The van der Waals surface area contributed by atoms with Crippen molar-refractivity contribution < 1.29 is 55.0 Å². The molecule has 14 heteroatoms. The molecule has 0 fully saturated rings. The number of esters is 4. The molecule has 0 aromatic rings. The van der Waals surface area contributed by atoms with E-state index >= 15 is 0 Å². The van der Waals surface area contributed by atoms with Gasteiger partial charge in [-0.05, 0) is 6.08 Å². The molecule has 0 heterocycles. The lowest BCUT2D eigenvalue weighted by molar-refractivity contribution is -0.185. The fourth-order valence-corrected chi connectivity index (χ4v) is 5.87. The second-order valence-electron chi connectivity index (χ2n) is 6.39. The maximum absolute atomic E-state index is 12.5. The molecule has 184 valence electrons. The molecule has 32 heavy (non-hydrogen) atoms. The van der Waals surface area contributed by atoms with Crippen LogP contribution in [-0.4, -0.2) is 77.1 Å². The van der Waals surface area contributed by atoms with Crippen LogP contribution in [-0.2, 0) is 57.8 Å². The van der Waals surface area contributed by atoms with Gasteiger partial charge in [-0.15, -0.1) is 0 Å². The standard InChI is InChI=1S/C18H28O12S2/c1-7-31(23,24)17(32(25,26)8-2)9-15(28-12(4)20)18(30-14(6)22)16(29-13(5)21)10-27-11(3)19/h9,15-16,18H,7-8,10H2,1-6H3/t15-,16-,18+/m1/s1. The molecule has 12 nitrogen and oxygen atoms in total. The van der Waals surface area contributed by atoms with Crippen LogP contribution in [0.3, 0.4) is 0 Å². The van der Waals surface area contributed by atoms with Crippen LogP contribution in [0.5, 0.6) is 0 Å². The third kappa shape index (κ3) is 9.77. The normalized spacial score (nSPS) is 14.3. The quantitative estimate of drug-likeness (QED) is 0.261. The second-order valence-corrected chi connectivity index (χ2v) is 11.1. The van der Waals surface area contributed by atoms with E-state index in [-0.39, 0.29) is 0 Å². The molecule has 0 saturated carbocycles. The molecule has 0 radical (unpaired) electrons. The molecule has 0 aliphatic carbocycles. The Morgan fingerprint density at radius 3 is 1.50 bits per heavy atom. The molecule has 0 aromatic heterocycles. The molecule has 0 spiro atoms. The van der Waals surface area contributed by atoms with Crippen LogP contribution < -0.4 is 0 Å². The van der Waals surface area contributed by atoms with E-state index in [0.717, 1.165) is 27.7 Å². The van der Waals surface area contributed by atoms with Crippen molar-refractivity contribution in [2.24, 2.45) is 0 Å². The largest absolute Gasteiger partial charge is 0.462 e. The molecule has 0 unspecified atom stereocenters. The second kappa shape index (κ2) is 12.5. The number of carbonyl (C=O) groups is 4. The number of rotatable bonds is 12. The van der Waals surface area contributed by atoms with Gasteiger partial charge in [-0.2, -0.15) is 0 Å². The Morgan fingerprint density at radius 1 is 0.719 bits per heavy atom. The molecule has 3 atom stereocenters. The van der Waals surface area contributed by atoms with E-state index in [1.807, 2.05) is 0 Å². The number of hydrogen-bond donors (Lipinski definition) is 0. The lowest BCUT2D eigenvalue weighted by atomic mass is 10.1. The van der Waals surface area contributed by atoms with Crippen molar-refractivity contribution in [3.05, 3.63) is 10.3 Å². The Balaban J connectivity index is 6.87. The molecule has 0 aliphatic rings. The van der Waals surface area contributed by atoms with Crippen LogP contribution in [0.25, 0.3) is 0 Å². The highest BCUT2D eigenvalue weighted by atomic mass is 32.3. The first-order chi connectivity index (χ1) is 14.6. The third-order valence-corrected chi connectivity index (χ3v) is 8.28. The molecule has 0 aromatic carbocycles. The molecule has 0 rings (SSSR count). The summed E-state index contributed by atoms with van der Waals surface area (Å²) in [5.74, 6) is -4.81. The summed E-state index contributed by atoms with van der Waals surface area (Å²) in [6.45, 7) is 5.72. The van der Waals surface area contributed by atoms with Gasteiger partial charge in [-0.3, -0.25) is 19.2 Å². The molecular formula is C18H28O12S2. The van der Waals surface area contributed by atoms with Crippen LogP contribution in [0.1, 0.15) is 41.5 Å². The van der Waals surface area contributed by atoms with Gasteiger partial charge in [0.25, 0.3) is 0 Å². The lowest BCUT2D eigenvalue weighted by Gasteiger charge is -2.30. The van der Waals surface area contributed by atoms with Crippen LogP contribution >= 0.6 is 0 Å². The highest BCUT2D eigenvalue weighted by Crippen LogP contribution is 2.23. The maximum Gasteiger partial charge on any atom is 0.303 e. The van der Waals surface area contributed by atoms with Crippen molar-refractivity contribution in [1.82, 2.24) is 0 Å². The minimum atomic E-state index is -4.35. The van der Waals surface area contributed by atoms with Gasteiger partial charge in [0.05, 0.1) is 11.5 Å². The van der Waals surface area contributed by atoms with E-state index in [1.54, 1.807) is 0 Å². The first-order valence-electron chi connectivity index (χ1n) is 9.39. The van der Waals surface area contributed by atoms with E-state index in [2.05, 4.69) is 0 Å². The first-order valence-corrected chi connectivity index (χ1v) is 12.7. The topological polar surface area (TPSA) is 173 Å². The number of hydrogen-bond acceptors (Lipinski definition) is 12. The fraction of sp³-hybridized carbons (Fsp3) is 0.667. The average Bonchev–Trinajstić information content (AvgIpc) is 2.65. The van der Waals surface area contributed by atoms with Gasteiger partial charge >= 0.3 is 23.9 Å². The summed E-state index contributed by atoms with van der Waals surface area (Å²) in [7, 11) is -8.70. The highest BCUT2D eigenvalue weighted by Gasteiger charge is 2.39. The van der Waals surface area contributed by atoms with Gasteiger partial charge in [-0.1, -0.05) is 13.8 Å². The van der Waals surface area contributed by atoms with Gasteiger partial charge in [0.1, 0.15) is 6.61 Å². The zero-order valence-corrected chi connectivity index (χ0v) is 20.3. The minimum Gasteiger partial charge on any atom is -0.462 e. The van der Waals surface area contributed by atoms with Crippen LogP contribution in [0.4, 0.5) is 0 Å². The summed E-state index contributed by atoms with van der Waals surface area (Å²) in [6, 6.07) is 0. The molecule has 0 N–H and O–H groups in total. The minimum absolute atomic E-state index is 0.593. The lowest BCUT2D eigenvalue weighted by Crippen LogP contribution is -2.47. The summed E-state index contributed by atoms with van der Waals surface area (Å²) < 4.78 is 68.8. The zero-order chi connectivity index (χ0) is 25.3. The fourth-order valence-electron chi connectivity index (χ4n) is 2.36. The van der Waals surface area contributed by atoms with Crippen LogP contribution in [0.15, 0.2) is 10.3 Å². The Bertz CT molecular complexity index is 910. The monoisotopic (exact) mass is 500 g/mol. The third-order valence-electron chi connectivity index (χ3n) is 3.74. The first kappa shape index (κ1) is 29.5. The van der Waals surface area contributed by atoms with Crippen molar-refractivity contribution in [3.63, 3.8) is 0 Å². The molecular weight excluding hydrogens is 472 g/mol. The summed E-state index contributed by atoms with van der Waals surface area (Å²) in [4.78, 5) is 46.2. The van der Waals surface area contributed by atoms with E-state index in [9.17, 15) is 36.0 Å². The van der Waals surface area contributed by atoms with E-state index in [1.165, 1.54) is 13.8 Å². The smallest absolute Gasteiger partial charge is 0.303 e. The van der Waals surface area contributed by atoms with Gasteiger partial charge in [-0.25, -0.2) is 16.8 Å². The van der Waals surface area contributed by atoms with Crippen LogP contribution in [0.2, 0.25) is 0 Å². The number of sulfone groups is 2. The van der Waals surface area contributed by atoms with Crippen molar-refractivity contribution in [2.75, 3.05) is 18.1 Å². The van der Waals surface area contributed by atoms with Crippen molar-refractivity contribution in [3.8, 4) is 0 Å². The SMILES string of the molecule is CCS(=O)(=O)C(=C[C@@H](OC(C)=O)[C@H](OC(C)=O)[C@@H](COC(C)=O)OC(C)=O)S(=O)(=O)CC. The number of ether oxygens (including phenoxy) is 4. The molecule has 0 bridgehead atoms. The summed E-state index contributed by atoms with van der Waals surface area (Å²) in [5.41, 5.74) is 0. The van der Waals surface area contributed by atoms with Gasteiger partial charge in [0, 0.05) is 27.7 Å². The van der Waals surface area contributed by atoms with Crippen molar-refractivity contribution in [2.45, 2.75) is 59.9 Å². The van der Waals surface area contributed by atoms with E-state index in [0.29, 0.717) is 6.08 Å². The summed E-state index contributed by atoms with van der Waals surface area (Å²) in [6.07, 6.45) is -4.52. The Morgan fingerprint density at radius 2 is 1.16 bits per heavy atom. The summed E-state index contributed by atoms with van der Waals surface area (Å²) >= 11 is 0. The number of carbonyl (C=O) groups excluding carboxylic acids is 4. The van der Waals surface area contributed by atoms with Crippen molar-refractivity contribution in [1.29, 1.82) is 0 Å². The molecule has 0 saturated heterocycles.